The van der Waals surface area contributed by atoms with Crippen LogP contribution < -0.4 is 5.73 Å². The maximum atomic E-state index is 6.17. The quantitative estimate of drug-likeness (QED) is 0.588. The van der Waals surface area contributed by atoms with E-state index in [2.05, 4.69) is 43.5 Å². The summed E-state index contributed by atoms with van der Waals surface area (Å²) in [4.78, 5) is 9.21. The summed E-state index contributed by atoms with van der Waals surface area (Å²) in [5, 5.41) is 0.649. The van der Waals surface area contributed by atoms with Gasteiger partial charge in [-0.1, -0.05) is 24.4 Å². The molecule has 2 aromatic rings. The predicted octanol–water partition coefficient (Wildman–Crippen LogP) is 5.40. The van der Waals surface area contributed by atoms with Crippen LogP contribution in [0.5, 0.6) is 0 Å². The van der Waals surface area contributed by atoms with Gasteiger partial charge < -0.3 is 5.73 Å². The third-order valence-electron chi connectivity index (χ3n) is 3.82. The summed E-state index contributed by atoms with van der Waals surface area (Å²) in [6, 6.07) is 5.73. The van der Waals surface area contributed by atoms with Gasteiger partial charge in [-0.15, -0.1) is 0 Å². The SMILES string of the molecule is Nc1nc(-c2ccc(Br)c(Cl)c2)nc(C2CCCC2)c1I. The molecule has 1 aromatic heterocycles. The standard InChI is InChI=1S/C15H14BrClIN3/c16-10-6-5-9(7-11(10)17)15-20-13(8-3-1-2-4-8)12(18)14(19)21-15/h5-8H,1-4H2,(H2,19,20,21). The van der Waals surface area contributed by atoms with Crippen LogP contribution in [0.1, 0.15) is 37.3 Å². The molecular weight excluding hydrogens is 464 g/mol. The molecule has 1 saturated carbocycles. The molecule has 0 radical (unpaired) electrons. The number of benzene rings is 1. The van der Waals surface area contributed by atoms with Crippen LogP contribution >= 0.6 is 50.1 Å². The Hall–Kier alpha value is -0.400. The highest BCUT2D eigenvalue weighted by atomic mass is 127. The van der Waals surface area contributed by atoms with Crippen LogP contribution in [-0.2, 0) is 0 Å². The number of nitrogens with zero attached hydrogens (tertiary/aromatic N) is 2. The van der Waals surface area contributed by atoms with Gasteiger partial charge in [0.25, 0.3) is 0 Å². The molecule has 1 heterocycles. The van der Waals surface area contributed by atoms with Gasteiger partial charge in [-0.2, -0.15) is 0 Å². The highest BCUT2D eigenvalue weighted by Crippen LogP contribution is 2.37. The van der Waals surface area contributed by atoms with Crippen molar-refractivity contribution in [3.8, 4) is 11.4 Å². The molecule has 0 atom stereocenters. The second-order valence-corrected chi connectivity index (χ2v) is 7.58. The largest absolute Gasteiger partial charge is 0.383 e. The van der Waals surface area contributed by atoms with Crippen LogP contribution in [0, 0.1) is 3.57 Å². The summed E-state index contributed by atoms with van der Waals surface area (Å²) < 4.78 is 1.86. The summed E-state index contributed by atoms with van der Waals surface area (Å²) >= 11 is 11.8. The van der Waals surface area contributed by atoms with Crippen LogP contribution in [-0.4, -0.2) is 9.97 Å². The van der Waals surface area contributed by atoms with Crippen LogP contribution in [0.15, 0.2) is 22.7 Å². The van der Waals surface area contributed by atoms with E-state index < -0.39 is 0 Å². The minimum Gasteiger partial charge on any atom is -0.383 e. The van der Waals surface area contributed by atoms with Gasteiger partial charge in [0.1, 0.15) is 5.82 Å². The summed E-state index contributed by atoms with van der Waals surface area (Å²) in [5.74, 6) is 1.72. The second kappa shape index (κ2) is 6.38. The summed E-state index contributed by atoms with van der Waals surface area (Å²) in [7, 11) is 0. The molecule has 0 saturated heterocycles. The zero-order chi connectivity index (χ0) is 15.0. The average Bonchev–Trinajstić information content (AvgIpc) is 2.98. The molecule has 6 heteroatoms. The summed E-state index contributed by atoms with van der Waals surface area (Å²) in [6.07, 6.45) is 4.91. The van der Waals surface area contributed by atoms with Gasteiger partial charge in [0, 0.05) is 16.0 Å². The van der Waals surface area contributed by atoms with Crippen molar-refractivity contribution in [1.29, 1.82) is 0 Å². The van der Waals surface area contributed by atoms with Crippen molar-refractivity contribution in [2.24, 2.45) is 0 Å². The van der Waals surface area contributed by atoms with Crippen molar-refractivity contribution in [2.75, 3.05) is 5.73 Å². The van der Waals surface area contributed by atoms with Crippen molar-refractivity contribution in [2.45, 2.75) is 31.6 Å². The third kappa shape index (κ3) is 3.19. The molecule has 3 rings (SSSR count). The fraction of sp³-hybridized carbons (Fsp3) is 0.333. The molecule has 0 aliphatic heterocycles. The van der Waals surface area contributed by atoms with E-state index in [9.17, 15) is 0 Å². The maximum absolute atomic E-state index is 6.17. The second-order valence-electron chi connectivity index (χ2n) is 5.24. The van der Waals surface area contributed by atoms with Gasteiger partial charge >= 0.3 is 0 Å². The zero-order valence-corrected chi connectivity index (χ0v) is 15.7. The number of nitrogen functional groups attached to an aromatic ring is 1. The molecule has 0 spiro atoms. The minimum atomic E-state index is 0.506. The Balaban J connectivity index is 2.08. The van der Waals surface area contributed by atoms with Gasteiger partial charge in [0.05, 0.1) is 14.3 Å². The lowest BCUT2D eigenvalue weighted by Gasteiger charge is -2.14. The van der Waals surface area contributed by atoms with Crippen molar-refractivity contribution >= 4 is 55.9 Å². The van der Waals surface area contributed by atoms with Crippen molar-refractivity contribution < 1.29 is 0 Å². The molecular formula is C15H14BrClIN3. The van der Waals surface area contributed by atoms with Crippen LogP contribution in [0.4, 0.5) is 5.82 Å². The number of hydrogen-bond donors (Lipinski definition) is 1. The number of rotatable bonds is 2. The van der Waals surface area contributed by atoms with Gasteiger partial charge in [0.15, 0.2) is 5.82 Å². The fourth-order valence-corrected chi connectivity index (χ4v) is 3.83. The van der Waals surface area contributed by atoms with E-state index in [1.165, 1.54) is 25.7 Å². The highest BCUT2D eigenvalue weighted by Gasteiger charge is 2.23. The smallest absolute Gasteiger partial charge is 0.161 e. The molecule has 1 fully saturated rings. The third-order valence-corrected chi connectivity index (χ3v) is 6.16. The van der Waals surface area contributed by atoms with E-state index in [-0.39, 0.29) is 0 Å². The molecule has 21 heavy (non-hydrogen) atoms. The van der Waals surface area contributed by atoms with Crippen LogP contribution in [0.2, 0.25) is 5.02 Å². The molecule has 0 amide bonds. The minimum absolute atomic E-state index is 0.506. The van der Waals surface area contributed by atoms with E-state index >= 15 is 0 Å². The molecule has 0 bridgehead atoms. The van der Waals surface area contributed by atoms with E-state index in [0.29, 0.717) is 22.6 Å². The molecule has 2 N–H and O–H groups in total. The lowest BCUT2D eigenvalue weighted by molar-refractivity contribution is 0.691. The number of aromatic nitrogens is 2. The van der Waals surface area contributed by atoms with E-state index in [1.807, 2.05) is 18.2 Å². The van der Waals surface area contributed by atoms with E-state index in [0.717, 1.165) is 19.3 Å². The number of nitrogens with two attached hydrogens (primary N) is 1. The Kier molecular flexibility index (Phi) is 4.71. The molecule has 1 aliphatic rings. The molecule has 1 aliphatic carbocycles. The predicted molar refractivity (Wildman–Crippen MR) is 98.5 cm³/mol. The first-order chi connectivity index (χ1) is 10.1. The van der Waals surface area contributed by atoms with Gasteiger partial charge in [-0.3, -0.25) is 0 Å². The molecule has 0 unspecified atom stereocenters. The Labute approximate surface area is 151 Å². The van der Waals surface area contributed by atoms with Gasteiger partial charge in [-0.05, 0) is 69.6 Å². The van der Waals surface area contributed by atoms with Gasteiger partial charge in [0.2, 0.25) is 0 Å². The lowest BCUT2D eigenvalue weighted by atomic mass is 10.0. The zero-order valence-electron chi connectivity index (χ0n) is 11.2. The Bertz CT molecular complexity index is 687. The number of anilines is 1. The Morgan fingerprint density at radius 3 is 2.62 bits per heavy atom. The van der Waals surface area contributed by atoms with Crippen molar-refractivity contribution in [3.05, 3.63) is 37.0 Å². The first kappa shape index (κ1) is 15.5. The summed E-state index contributed by atoms with van der Waals surface area (Å²) in [6.45, 7) is 0. The van der Waals surface area contributed by atoms with E-state index in [4.69, 9.17) is 22.3 Å². The first-order valence-corrected chi connectivity index (χ1v) is 9.09. The Morgan fingerprint density at radius 2 is 1.95 bits per heavy atom. The first-order valence-electron chi connectivity index (χ1n) is 6.84. The lowest BCUT2D eigenvalue weighted by Crippen LogP contribution is -2.07. The molecule has 1 aromatic carbocycles. The van der Waals surface area contributed by atoms with Crippen LogP contribution in [0.25, 0.3) is 11.4 Å². The highest BCUT2D eigenvalue weighted by molar-refractivity contribution is 14.1. The van der Waals surface area contributed by atoms with Crippen molar-refractivity contribution in [1.82, 2.24) is 9.97 Å². The maximum Gasteiger partial charge on any atom is 0.161 e. The average molecular weight is 479 g/mol. The number of halogens is 3. The normalized spacial score (nSPS) is 15.6. The van der Waals surface area contributed by atoms with Crippen LogP contribution in [0.3, 0.4) is 0 Å². The molecule has 3 nitrogen and oxygen atoms in total. The summed E-state index contributed by atoms with van der Waals surface area (Å²) in [5.41, 5.74) is 8.08. The number of hydrogen-bond acceptors (Lipinski definition) is 3. The monoisotopic (exact) mass is 477 g/mol. The fourth-order valence-electron chi connectivity index (χ4n) is 2.72. The van der Waals surface area contributed by atoms with Gasteiger partial charge in [-0.25, -0.2) is 9.97 Å². The Morgan fingerprint density at radius 1 is 1.24 bits per heavy atom. The molecule has 110 valence electrons. The topological polar surface area (TPSA) is 51.8 Å². The van der Waals surface area contributed by atoms with E-state index in [1.54, 1.807) is 0 Å². The van der Waals surface area contributed by atoms with Crippen molar-refractivity contribution in [3.63, 3.8) is 0 Å².